The van der Waals surface area contributed by atoms with Crippen LogP contribution in [0.15, 0.2) is 48.7 Å². The number of aliphatic hydroxyl groups excluding tert-OH is 1. The summed E-state index contributed by atoms with van der Waals surface area (Å²) < 4.78 is 0. The fraction of sp³-hybridized carbons (Fsp3) is 0.167. The molecule has 7 heteroatoms. The fourth-order valence-corrected chi connectivity index (χ4v) is 2.40. The predicted molar refractivity (Wildman–Crippen MR) is 100 cm³/mol. The number of nitrogens with one attached hydrogen (secondary N) is 2. The maximum atomic E-state index is 9.01. The maximum Gasteiger partial charge on any atom is 0.225 e. The first-order valence-corrected chi connectivity index (χ1v) is 8.22. The number of aryl methyl sites for hydroxylation is 1. The monoisotopic (exact) mass is 355 g/mol. The van der Waals surface area contributed by atoms with E-state index in [2.05, 4.69) is 25.6 Å². The number of nitrogens with zero attached hydrogens (tertiary/aromatic N) is 3. The van der Waals surface area contributed by atoms with Gasteiger partial charge in [0.2, 0.25) is 5.95 Å². The van der Waals surface area contributed by atoms with Crippen LogP contribution in [0.25, 0.3) is 11.4 Å². The largest absolute Gasteiger partial charge is 0.395 e. The van der Waals surface area contributed by atoms with E-state index in [4.69, 9.17) is 16.7 Å². The van der Waals surface area contributed by atoms with Crippen LogP contribution in [-0.4, -0.2) is 33.2 Å². The molecule has 0 aliphatic carbocycles. The Hall–Kier alpha value is -2.70. The van der Waals surface area contributed by atoms with Gasteiger partial charge in [0.1, 0.15) is 5.82 Å². The van der Waals surface area contributed by atoms with Crippen molar-refractivity contribution in [3.8, 4) is 11.4 Å². The summed E-state index contributed by atoms with van der Waals surface area (Å²) in [4.78, 5) is 13.2. The average molecular weight is 356 g/mol. The SMILES string of the molecule is Cc1ccc(Nc2cc(-c3ccccn3)nc(NCCO)n2)cc1Cl. The van der Waals surface area contributed by atoms with E-state index >= 15 is 0 Å². The standard InChI is InChI=1S/C18H18ClN5O/c1-12-5-6-13(10-14(12)19)22-17-11-16(15-4-2-3-7-20-15)23-18(24-17)21-8-9-25/h2-7,10-11,25H,8-9H2,1H3,(H2,21,22,23,24). The van der Waals surface area contributed by atoms with E-state index in [1.165, 1.54) is 0 Å². The molecule has 128 valence electrons. The Kier molecular flexibility index (Phi) is 5.42. The Morgan fingerprint density at radius 1 is 1.08 bits per heavy atom. The van der Waals surface area contributed by atoms with E-state index < -0.39 is 0 Å². The van der Waals surface area contributed by atoms with Gasteiger partial charge in [0.25, 0.3) is 0 Å². The molecule has 6 nitrogen and oxygen atoms in total. The first kappa shape index (κ1) is 17.1. The molecule has 1 aromatic carbocycles. The Balaban J connectivity index is 1.95. The number of aliphatic hydroxyl groups is 1. The van der Waals surface area contributed by atoms with Crippen molar-refractivity contribution in [3.63, 3.8) is 0 Å². The topological polar surface area (TPSA) is 83.0 Å². The Morgan fingerprint density at radius 2 is 1.96 bits per heavy atom. The first-order valence-electron chi connectivity index (χ1n) is 7.84. The minimum Gasteiger partial charge on any atom is -0.395 e. The molecule has 0 saturated heterocycles. The number of aromatic nitrogens is 3. The van der Waals surface area contributed by atoms with Crippen LogP contribution < -0.4 is 10.6 Å². The van der Waals surface area contributed by atoms with Gasteiger partial charge in [0, 0.05) is 29.5 Å². The second kappa shape index (κ2) is 7.92. The highest BCUT2D eigenvalue weighted by molar-refractivity contribution is 6.31. The highest BCUT2D eigenvalue weighted by Gasteiger charge is 2.08. The van der Waals surface area contributed by atoms with Gasteiger partial charge >= 0.3 is 0 Å². The molecule has 0 aliphatic heterocycles. The van der Waals surface area contributed by atoms with E-state index in [9.17, 15) is 0 Å². The molecular weight excluding hydrogens is 338 g/mol. The molecule has 3 N–H and O–H groups in total. The molecule has 2 aromatic heterocycles. The van der Waals surface area contributed by atoms with Gasteiger partial charge in [-0.25, -0.2) is 4.98 Å². The number of hydrogen-bond donors (Lipinski definition) is 3. The molecule has 0 aliphatic rings. The zero-order valence-corrected chi connectivity index (χ0v) is 14.5. The van der Waals surface area contributed by atoms with Gasteiger partial charge in [-0.3, -0.25) is 4.98 Å². The number of rotatable bonds is 6. The number of anilines is 3. The Bertz CT molecular complexity index is 857. The van der Waals surface area contributed by atoms with Crippen LogP contribution >= 0.6 is 11.6 Å². The van der Waals surface area contributed by atoms with Gasteiger partial charge in [-0.2, -0.15) is 4.98 Å². The van der Waals surface area contributed by atoms with Crippen LogP contribution in [0.3, 0.4) is 0 Å². The van der Waals surface area contributed by atoms with Crippen LogP contribution in [0.4, 0.5) is 17.5 Å². The van der Waals surface area contributed by atoms with Gasteiger partial charge in [0.15, 0.2) is 0 Å². The molecule has 3 aromatic rings. The molecule has 0 unspecified atom stereocenters. The van der Waals surface area contributed by atoms with Crippen LogP contribution in [0, 0.1) is 6.92 Å². The zero-order chi connectivity index (χ0) is 17.6. The van der Waals surface area contributed by atoms with E-state index in [0.717, 1.165) is 16.9 Å². The summed E-state index contributed by atoms with van der Waals surface area (Å²) in [5, 5.41) is 15.9. The number of benzene rings is 1. The molecular formula is C18H18ClN5O. The quantitative estimate of drug-likeness (QED) is 0.626. The minimum atomic E-state index is -0.00644. The van der Waals surface area contributed by atoms with E-state index in [1.807, 2.05) is 49.4 Å². The summed E-state index contributed by atoms with van der Waals surface area (Å²) in [5.74, 6) is 1.02. The molecule has 25 heavy (non-hydrogen) atoms. The predicted octanol–water partition coefficient (Wildman–Crippen LogP) is 3.65. The lowest BCUT2D eigenvalue weighted by atomic mass is 10.2. The van der Waals surface area contributed by atoms with E-state index in [-0.39, 0.29) is 6.61 Å². The molecule has 0 atom stereocenters. The van der Waals surface area contributed by atoms with Crippen molar-refractivity contribution < 1.29 is 5.11 Å². The summed E-state index contributed by atoms with van der Waals surface area (Å²) in [5.41, 5.74) is 3.25. The van der Waals surface area contributed by atoms with Gasteiger partial charge in [-0.1, -0.05) is 23.7 Å². The second-order valence-corrected chi connectivity index (χ2v) is 5.82. The Morgan fingerprint density at radius 3 is 2.68 bits per heavy atom. The summed E-state index contributed by atoms with van der Waals surface area (Å²) in [6.45, 7) is 2.31. The van der Waals surface area contributed by atoms with Crippen molar-refractivity contribution in [2.24, 2.45) is 0 Å². The molecule has 0 spiro atoms. The zero-order valence-electron chi connectivity index (χ0n) is 13.7. The van der Waals surface area contributed by atoms with E-state index in [0.29, 0.717) is 29.0 Å². The molecule has 0 saturated carbocycles. The smallest absolute Gasteiger partial charge is 0.225 e. The molecule has 0 radical (unpaired) electrons. The number of hydrogen-bond acceptors (Lipinski definition) is 6. The van der Waals surface area contributed by atoms with Gasteiger partial charge in [0.05, 0.1) is 18.0 Å². The summed E-state index contributed by atoms with van der Waals surface area (Å²) in [6.07, 6.45) is 1.71. The average Bonchev–Trinajstić information content (AvgIpc) is 2.63. The van der Waals surface area contributed by atoms with Crippen LogP contribution in [0.5, 0.6) is 0 Å². The molecule has 2 heterocycles. The third-order valence-corrected chi connectivity index (χ3v) is 3.90. The summed E-state index contributed by atoms with van der Waals surface area (Å²) in [6, 6.07) is 13.2. The highest BCUT2D eigenvalue weighted by Crippen LogP contribution is 2.25. The van der Waals surface area contributed by atoms with Crippen LogP contribution in [-0.2, 0) is 0 Å². The second-order valence-electron chi connectivity index (χ2n) is 5.42. The van der Waals surface area contributed by atoms with Crippen molar-refractivity contribution in [1.82, 2.24) is 15.0 Å². The lowest BCUT2D eigenvalue weighted by Gasteiger charge is -2.11. The normalized spacial score (nSPS) is 10.5. The lowest BCUT2D eigenvalue weighted by Crippen LogP contribution is -2.10. The van der Waals surface area contributed by atoms with Crippen LogP contribution in [0.1, 0.15) is 5.56 Å². The number of pyridine rings is 1. The Labute approximate surface area is 150 Å². The minimum absolute atomic E-state index is 0.00644. The van der Waals surface area contributed by atoms with Gasteiger partial charge < -0.3 is 15.7 Å². The highest BCUT2D eigenvalue weighted by atomic mass is 35.5. The van der Waals surface area contributed by atoms with Crippen molar-refractivity contribution >= 4 is 29.1 Å². The maximum absolute atomic E-state index is 9.01. The fourth-order valence-electron chi connectivity index (χ4n) is 2.22. The van der Waals surface area contributed by atoms with E-state index in [1.54, 1.807) is 6.20 Å². The lowest BCUT2D eigenvalue weighted by molar-refractivity contribution is 0.311. The van der Waals surface area contributed by atoms with Crippen molar-refractivity contribution in [3.05, 3.63) is 59.2 Å². The van der Waals surface area contributed by atoms with Gasteiger partial charge in [-0.15, -0.1) is 0 Å². The third kappa shape index (κ3) is 4.43. The molecule has 0 bridgehead atoms. The van der Waals surface area contributed by atoms with Gasteiger partial charge in [-0.05, 0) is 36.8 Å². The van der Waals surface area contributed by atoms with Crippen molar-refractivity contribution in [1.29, 1.82) is 0 Å². The number of halogens is 1. The van der Waals surface area contributed by atoms with Crippen molar-refractivity contribution in [2.45, 2.75) is 6.92 Å². The van der Waals surface area contributed by atoms with Crippen molar-refractivity contribution in [2.75, 3.05) is 23.8 Å². The third-order valence-electron chi connectivity index (χ3n) is 3.49. The first-order chi connectivity index (χ1) is 12.2. The summed E-state index contributed by atoms with van der Waals surface area (Å²) >= 11 is 6.18. The summed E-state index contributed by atoms with van der Waals surface area (Å²) in [7, 11) is 0. The molecule has 0 fully saturated rings. The van der Waals surface area contributed by atoms with Crippen LogP contribution in [0.2, 0.25) is 5.02 Å². The molecule has 0 amide bonds. The molecule has 3 rings (SSSR count).